The molecule has 1 amide bonds. The van der Waals surface area contributed by atoms with E-state index in [2.05, 4.69) is 25.2 Å². The molecular formula is C19H26N6O. The highest BCUT2D eigenvalue weighted by atomic mass is 16.2. The molecule has 1 atom stereocenters. The molecule has 2 aromatic heterocycles. The number of hydrogen-bond donors (Lipinski definition) is 1. The first-order valence-corrected chi connectivity index (χ1v) is 9.05. The predicted octanol–water partition coefficient (Wildman–Crippen LogP) is 2.10. The number of amides is 1. The minimum absolute atomic E-state index is 0.0318. The number of carbonyl (C=O) groups excluding carboxylic acids is 1. The van der Waals surface area contributed by atoms with Gasteiger partial charge in [-0.25, -0.2) is 4.98 Å². The number of carbonyl (C=O) groups is 1. The monoisotopic (exact) mass is 354 g/mol. The summed E-state index contributed by atoms with van der Waals surface area (Å²) in [5, 5.41) is 3.01. The zero-order chi connectivity index (χ0) is 18.4. The molecular weight excluding hydrogens is 328 g/mol. The van der Waals surface area contributed by atoms with E-state index in [0.29, 0.717) is 13.0 Å². The third-order valence-electron chi connectivity index (χ3n) is 4.69. The van der Waals surface area contributed by atoms with Crippen molar-refractivity contribution in [3.05, 3.63) is 48.2 Å². The minimum atomic E-state index is 0.0318. The van der Waals surface area contributed by atoms with Crippen molar-refractivity contribution in [1.82, 2.24) is 24.8 Å². The van der Waals surface area contributed by atoms with Gasteiger partial charge in [0.25, 0.3) is 0 Å². The van der Waals surface area contributed by atoms with Crippen LogP contribution in [0.15, 0.2) is 36.8 Å². The van der Waals surface area contributed by atoms with Gasteiger partial charge in [-0.3, -0.25) is 14.8 Å². The molecule has 26 heavy (non-hydrogen) atoms. The highest BCUT2D eigenvalue weighted by molar-refractivity contribution is 5.77. The van der Waals surface area contributed by atoms with Crippen molar-refractivity contribution in [2.24, 2.45) is 0 Å². The summed E-state index contributed by atoms with van der Waals surface area (Å²) < 4.78 is 0. The van der Waals surface area contributed by atoms with E-state index in [-0.39, 0.29) is 11.9 Å². The van der Waals surface area contributed by atoms with Crippen LogP contribution >= 0.6 is 0 Å². The van der Waals surface area contributed by atoms with Gasteiger partial charge in [0.1, 0.15) is 5.82 Å². The lowest BCUT2D eigenvalue weighted by Gasteiger charge is -2.25. The summed E-state index contributed by atoms with van der Waals surface area (Å²) >= 11 is 0. The van der Waals surface area contributed by atoms with Crippen molar-refractivity contribution in [2.75, 3.05) is 32.5 Å². The molecule has 0 radical (unpaired) electrons. The molecule has 1 aliphatic heterocycles. The summed E-state index contributed by atoms with van der Waals surface area (Å²) in [5.74, 6) is 0.911. The lowest BCUT2D eigenvalue weighted by Crippen LogP contribution is -2.33. The van der Waals surface area contributed by atoms with Gasteiger partial charge in [0.05, 0.1) is 29.8 Å². The Morgan fingerprint density at radius 1 is 1.38 bits per heavy atom. The summed E-state index contributed by atoms with van der Waals surface area (Å²) in [6.45, 7) is 2.24. The molecule has 0 spiro atoms. The number of pyridine rings is 1. The number of likely N-dealkylation sites (tertiary alicyclic amines) is 1. The first kappa shape index (κ1) is 18.3. The van der Waals surface area contributed by atoms with Crippen LogP contribution in [0.5, 0.6) is 0 Å². The number of aromatic nitrogens is 3. The molecule has 3 heterocycles. The van der Waals surface area contributed by atoms with Gasteiger partial charge in [-0.05, 0) is 32.0 Å². The second-order valence-electron chi connectivity index (χ2n) is 6.63. The highest BCUT2D eigenvalue weighted by Gasteiger charge is 2.31. The molecule has 0 aliphatic carbocycles. The molecule has 0 bridgehead atoms. The Kier molecular flexibility index (Phi) is 6.12. The van der Waals surface area contributed by atoms with E-state index in [9.17, 15) is 4.79 Å². The predicted molar refractivity (Wildman–Crippen MR) is 100 cm³/mol. The van der Waals surface area contributed by atoms with Crippen molar-refractivity contribution < 1.29 is 4.79 Å². The van der Waals surface area contributed by atoms with Crippen LogP contribution in [0.3, 0.4) is 0 Å². The molecule has 138 valence electrons. The summed E-state index contributed by atoms with van der Waals surface area (Å²) in [6, 6.07) is 5.93. The molecule has 0 aromatic carbocycles. The average Bonchev–Trinajstić information content (AvgIpc) is 3.17. The molecule has 2 aromatic rings. The van der Waals surface area contributed by atoms with Crippen molar-refractivity contribution in [2.45, 2.75) is 31.8 Å². The molecule has 3 rings (SSSR count). The quantitative estimate of drug-likeness (QED) is 0.821. The standard InChI is InChI=1S/C19H26N6O/c1-20-18-13-21-12-16(23-18)17-7-5-10-25(17)19(26)8-11-24(2)14-15-6-3-4-9-22-15/h3-4,6,9,12-13,17H,5,7-8,10-11,14H2,1-2H3,(H,20,23). The molecule has 7 nitrogen and oxygen atoms in total. The van der Waals surface area contributed by atoms with Gasteiger partial charge >= 0.3 is 0 Å². The Balaban J connectivity index is 1.56. The fraction of sp³-hybridized carbons (Fsp3) is 0.474. The van der Waals surface area contributed by atoms with Gasteiger partial charge < -0.3 is 15.1 Å². The second-order valence-corrected chi connectivity index (χ2v) is 6.63. The Bertz CT molecular complexity index is 723. The van der Waals surface area contributed by atoms with E-state index in [1.165, 1.54) is 0 Å². The molecule has 1 aliphatic rings. The van der Waals surface area contributed by atoms with Crippen molar-refractivity contribution in [1.29, 1.82) is 0 Å². The molecule has 0 saturated carbocycles. The SMILES string of the molecule is CNc1cncc(C2CCCN2C(=O)CCN(C)Cc2ccccn2)n1. The third-order valence-corrected chi connectivity index (χ3v) is 4.69. The number of nitrogens with one attached hydrogen (secondary N) is 1. The first-order valence-electron chi connectivity index (χ1n) is 9.05. The Morgan fingerprint density at radius 2 is 2.27 bits per heavy atom. The number of rotatable bonds is 7. The van der Waals surface area contributed by atoms with Crippen LogP contribution in [0.25, 0.3) is 0 Å². The van der Waals surface area contributed by atoms with Crippen LogP contribution in [0.4, 0.5) is 5.82 Å². The summed E-state index contributed by atoms with van der Waals surface area (Å²) in [7, 11) is 3.84. The van der Waals surface area contributed by atoms with Crippen molar-refractivity contribution in [3.8, 4) is 0 Å². The molecule has 7 heteroatoms. The fourth-order valence-corrected chi connectivity index (χ4v) is 3.31. The smallest absolute Gasteiger partial charge is 0.224 e. The number of anilines is 1. The van der Waals surface area contributed by atoms with Gasteiger partial charge in [-0.15, -0.1) is 0 Å². The van der Waals surface area contributed by atoms with E-state index in [1.807, 2.05) is 37.2 Å². The maximum absolute atomic E-state index is 12.8. The zero-order valence-corrected chi connectivity index (χ0v) is 15.4. The van der Waals surface area contributed by atoms with E-state index in [1.54, 1.807) is 18.6 Å². The lowest BCUT2D eigenvalue weighted by molar-refractivity contribution is -0.132. The van der Waals surface area contributed by atoms with Crippen LogP contribution < -0.4 is 5.32 Å². The van der Waals surface area contributed by atoms with E-state index >= 15 is 0 Å². The Morgan fingerprint density at radius 3 is 3.04 bits per heavy atom. The Labute approximate surface area is 154 Å². The van der Waals surface area contributed by atoms with E-state index in [0.717, 1.165) is 43.1 Å². The second kappa shape index (κ2) is 8.71. The largest absolute Gasteiger partial charge is 0.372 e. The highest BCUT2D eigenvalue weighted by Crippen LogP contribution is 2.31. The topological polar surface area (TPSA) is 74.2 Å². The van der Waals surface area contributed by atoms with Gasteiger partial charge in [0, 0.05) is 39.3 Å². The van der Waals surface area contributed by atoms with Gasteiger partial charge in [-0.2, -0.15) is 0 Å². The first-order chi connectivity index (χ1) is 12.7. The van der Waals surface area contributed by atoms with Crippen molar-refractivity contribution >= 4 is 11.7 Å². The zero-order valence-electron chi connectivity index (χ0n) is 15.4. The molecule has 1 fully saturated rings. The van der Waals surface area contributed by atoms with Crippen LogP contribution in [0.1, 0.15) is 36.7 Å². The third kappa shape index (κ3) is 4.54. The minimum Gasteiger partial charge on any atom is -0.372 e. The van der Waals surface area contributed by atoms with Crippen LogP contribution in [-0.2, 0) is 11.3 Å². The summed E-state index contributed by atoms with van der Waals surface area (Å²) in [4.78, 5) is 30.0. The van der Waals surface area contributed by atoms with Crippen molar-refractivity contribution in [3.63, 3.8) is 0 Å². The maximum Gasteiger partial charge on any atom is 0.224 e. The number of hydrogen-bond acceptors (Lipinski definition) is 6. The molecule has 1 saturated heterocycles. The maximum atomic E-state index is 12.8. The van der Waals surface area contributed by atoms with E-state index in [4.69, 9.17) is 0 Å². The van der Waals surface area contributed by atoms with Crippen LogP contribution in [0, 0.1) is 0 Å². The van der Waals surface area contributed by atoms with Gasteiger partial charge in [-0.1, -0.05) is 6.07 Å². The molecule has 1 N–H and O–H groups in total. The average molecular weight is 354 g/mol. The normalized spacial score (nSPS) is 16.9. The fourth-order valence-electron chi connectivity index (χ4n) is 3.31. The van der Waals surface area contributed by atoms with Gasteiger partial charge in [0.2, 0.25) is 5.91 Å². The van der Waals surface area contributed by atoms with E-state index < -0.39 is 0 Å². The summed E-state index contributed by atoms with van der Waals surface area (Å²) in [5.41, 5.74) is 1.88. The van der Waals surface area contributed by atoms with Crippen LogP contribution in [-0.4, -0.2) is 57.8 Å². The summed E-state index contributed by atoms with van der Waals surface area (Å²) in [6.07, 6.45) is 7.70. The van der Waals surface area contributed by atoms with Crippen LogP contribution in [0.2, 0.25) is 0 Å². The Hall–Kier alpha value is -2.54. The lowest BCUT2D eigenvalue weighted by atomic mass is 10.1. The number of nitrogens with zero attached hydrogens (tertiary/aromatic N) is 5. The molecule has 1 unspecified atom stereocenters. The van der Waals surface area contributed by atoms with Gasteiger partial charge in [0.15, 0.2) is 0 Å².